The minimum absolute atomic E-state index is 0.0519. The molecule has 11 heteroatoms. The summed E-state index contributed by atoms with van der Waals surface area (Å²) in [6.45, 7) is 0.595. The average molecular weight is 565 g/mol. The molecular weight excluding hydrogens is 543 g/mol. The van der Waals surface area contributed by atoms with E-state index in [1.807, 2.05) is 36.4 Å². The molecule has 0 bridgehead atoms. The largest absolute Gasteiger partial charge is 0.495 e. The maximum absolute atomic E-state index is 12.7. The van der Waals surface area contributed by atoms with Crippen LogP contribution in [0.2, 0.25) is 10.0 Å². The fourth-order valence-electron chi connectivity index (χ4n) is 4.04. The maximum Gasteiger partial charge on any atom is 0.340 e. The van der Waals surface area contributed by atoms with Gasteiger partial charge in [0.15, 0.2) is 0 Å². The first-order valence-corrected chi connectivity index (χ1v) is 12.5. The molecule has 0 saturated heterocycles. The summed E-state index contributed by atoms with van der Waals surface area (Å²) in [7, 11) is 3.17. The minimum Gasteiger partial charge on any atom is -0.495 e. The van der Waals surface area contributed by atoms with Crippen LogP contribution in [0.15, 0.2) is 66.9 Å². The van der Waals surface area contributed by atoms with Crippen LogP contribution in [0.1, 0.15) is 31.8 Å². The first kappa shape index (κ1) is 26.3. The van der Waals surface area contributed by atoms with Gasteiger partial charge in [0.05, 0.1) is 35.1 Å². The smallest absolute Gasteiger partial charge is 0.340 e. The van der Waals surface area contributed by atoms with Gasteiger partial charge in [0.2, 0.25) is 11.8 Å². The van der Waals surface area contributed by atoms with E-state index in [9.17, 15) is 9.59 Å². The van der Waals surface area contributed by atoms with Crippen molar-refractivity contribution in [1.82, 2.24) is 14.9 Å². The van der Waals surface area contributed by atoms with Gasteiger partial charge in [0.1, 0.15) is 23.1 Å². The predicted molar refractivity (Wildman–Crippen MR) is 146 cm³/mol. The number of benzene rings is 3. The summed E-state index contributed by atoms with van der Waals surface area (Å²) in [4.78, 5) is 35.5. The second-order valence-corrected chi connectivity index (χ2v) is 9.43. The topological polar surface area (TPSA) is 103 Å². The Bertz CT molecular complexity index is 1570. The molecule has 0 aliphatic carbocycles. The third-order valence-electron chi connectivity index (χ3n) is 5.97. The Kier molecular flexibility index (Phi) is 7.53. The Balaban J connectivity index is 1.36. The number of nitrogens with one attached hydrogen (secondary N) is 1. The molecule has 0 atom stereocenters. The van der Waals surface area contributed by atoms with Crippen molar-refractivity contribution in [3.05, 3.63) is 99.2 Å². The lowest BCUT2D eigenvalue weighted by atomic mass is 10.1. The van der Waals surface area contributed by atoms with E-state index in [1.165, 1.54) is 25.4 Å². The highest BCUT2D eigenvalue weighted by Crippen LogP contribution is 2.37. The number of hydrogen-bond donors (Lipinski definition) is 1. The van der Waals surface area contributed by atoms with Crippen LogP contribution in [0.25, 0.3) is 0 Å². The number of ether oxygens (including phenoxy) is 3. The number of esters is 1. The molecule has 2 heterocycles. The molecule has 0 fully saturated rings. The molecule has 1 aliphatic rings. The van der Waals surface area contributed by atoms with Crippen LogP contribution in [0.5, 0.6) is 17.4 Å². The highest BCUT2D eigenvalue weighted by atomic mass is 35.5. The molecule has 4 aromatic rings. The first-order chi connectivity index (χ1) is 18.8. The highest BCUT2D eigenvalue weighted by Gasteiger charge is 2.29. The van der Waals surface area contributed by atoms with Gasteiger partial charge in [-0.25, -0.2) is 9.78 Å². The quantitative estimate of drug-likeness (QED) is 0.250. The molecule has 0 radical (unpaired) electrons. The summed E-state index contributed by atoms with van der Waals surface area (Å²) in [6, 6.07) is 17.6. The molecule has 198 valence electrons. The Labute approximate surface area is 234 Å². The SMILES string of the molecule is COc1cc(C(=O)OCc2ccccc2)c(Cl)cc1Nc1ncc(Cl)c(Oc2cccc3c2C(=O)N(C)C3)n1. The van der Waals surface area contributed by atoms with E-state index >= 15 is 0 Å². The van der Waals surface area contributed by atoms with Gasteiger partial charge in [0, 0.05) is 13.6 Å². The number of fused-ring (bicyclic) bond motifs is 1. The summed E-state index contributed by atoms with van der Waals surface area (Å²) in [5.41, 5.74) is 2.70. The number of amides is 1. The zero-order chi connectivity index (χ0) is 27.5. The van der Waals surface area contributed by atoms with Crippen molar-refractivity contribution >= 4 is 46.7 Å². The van der Waals surface area contributed by atoms with Crippen LogP contribution >= 0.6 is 23.2 Å². The molecule has 1 amide bonds. The van der Waals surface area contributed by atoms with E-state index in [-0.39, 0.29) is 40.0 Å². The Morgan fingerprint density at radius 2 is 1.85 bits per heavy atom. The number of anilines is 2. The van der Waals surface area contributed by atoms with Gasteiger partial charge >= 0.3 is 5.97 Å². The van der Waals surface area contributed by atoms with Crippen molar-refractivity contribution in [2.24, 2.45) is 0 Å². The van der Waals surface area contributed by atoms with E-state index in [2.05, 4.69) is 15.3 Å². The van der Waals surface area contributed by atoms with Crippen molar-refractivity contribution in [2.75, 3.05) is 19.5 Å². The highest BCUT2D eigenvalue weighted by molar-refractivity contribution is 6.34. The van der Waals surface area contributed by atoms with Gasteiger partial charge in [-0.05, 0) is 29.3 Å². The molecule has 9 nitrogen and oxygen atoms in total. The predicted octanol–water partition coefficient (Wildman–Crippen LogP) is 6.27. The van der Waals surface area contributed by atoms with Crippen LogP contribution < -0.4 is 14.8 Å². The van der Waals surface area contributed by atoms with Gasteiger partial charge < -0.3 is 24.4 Å². The van der Waals surface area contributed by atoms with Crippen LogP contribution in [0.4, 0.5) is 11.6 Å². The summed E-state index contributed by atoms with van der Waals surface area (Å²) >= 11 is 12.7. The number of carbonyl (C=O) groups excluding carboxylic acids is 2. The molecule has 5 rings (SSSR count). The Hall–Kier alpha value is -4.34. The first-order valence-electron chi connectivity index (χ1n) is 11.8. The summed E-state index contributed by atoms with van der Waals surface area (Å²) < 4.78 is 16.8. The standard InChI is InChI=1S/C28H22Cl2N4O5/c1-34-14-17-9-6-10-22(24(17)26(34)35)39-25-20(30)13-31-28(33-25)32-21-12-19(29)18(11-23(21)37-2)27(36)38-15-16-7-4-3-5-8-16/h3-13H,14-15H2,1-2H3,(H,31,32,33). The summed E-state index contributed by atoms with van der Waals surface area (Å²) in [5, 5.41) is 3.31. The molecular formula is C28H22Cl2N4O5. The number of nitrogens with zero attached hydrogens (tertiary/aromatic N) is 3. The summed E-state index contributed by atoms with van der Waals surface area (Å²) in [6.07, 6.45) is 1.37. The van der Waals surface area contributed by atoms with Gasteiger partial charge in [0.25, 0.3) is 5.91 Å². The van der Waals surface area contributed by atoms with E-state index in [4.69, 9.17) is 37.4 Å². The molecule has 3 aromatic carbocycles. The van der Waals surface area contributed by atoms with Gasteiger partial charge in [-0.15, -0.1) is 0 Å². The van der Waals surface area contributed by atoms with Crippen molar-refractivity contribution in [2.45, 2.75) is 13.2 Å². The fraction of sp³-hybridized carbons (Fsp3) is 0.143. The molecule has 0 spiro atoms. The van der Waals surface area contributed by atoms with Crippen molar-refractivity contribution in [3.8, 4) is 17.4 Å². The van der Waals surface area contributed by atoms with Crippen LogP contribution in [0.3, 0.4) is 0 Å². The second kappa shape index (κ2) is 11.2. The summed E-state index contributed by atoms with van der Waals surface area (Å²) in [5.74, 6) is 0.0814. The van der Waals surface area contributed by atoms with Crippen LogP contribution in [0, 0.1) is 0 Å². The van der Waals surface area contributed by atoms with E-state index in [1.54, 1.807) is 24.1 Å². The third kappa shape index (κ3) is 5.59. The van der Waals surface area contributed by atoms with E-state index in [0.29, 0.717) is 29.3 Å². The number of halogens is 2. The number of carbonyl (C=O) groups is 2. The molecule has 1 N–H and O–H groups in total. The monoisotopic (exact) mass is 564 g/mol. The number of methoxy groups -OCH3 is 1. The van der Waals surface area contributed by atoms with Gasteiger partial charge in [-0.3, -0.25) is 4.79 Å². The van der Waals surface area contributed by atoms with Crippen molar-refractivity contribution in [3.63, 3.8) is 0 Å². The molecule has 39 heavy (non-hydrogen) atoms. The molecule has 0 unspecified atom stereocenters. The van der Waals surface area contributed by atoms with Gasteiger partial charge in [-0.2, -0.15) is 4.98 Å². The molecule has 1 aliphatic heterocycles. The lowest BCUT2D eigenvalue weighted by Crippen LogP contribution is -2.17. The number of rotatable bonds is 8. The van der Waals surface area contributed by atoms with E-state index < -0.39 is 5.97 Å². The van der Waals surface area contributed by atoms with Crippen LogP contribution in [-0.2, 0) is 17.9 Å². The number of aromatic nitrogens is 2. The second-order valence-electron chi connectivity index (χ2n) is 8.62. The normalized spacial score (nSPS) is 12.2. The zero-order valence-corrected chi connectivity index (χ0v) is 22.4. The minimum atomic E-state index is -0.595. The fourth-order valence-corrected chi connectivity index (χ4v) is 4.41. The lowest BCUT2D eigenvalue weighted by molar-refractivity contribution is 0.0472. The molecule has 1 aromatic heterocycles. The van der Waals surface area contributed by atoms with Crippen molar-refractivity contribution < 1.29 is 23.8 Å². The van der Waals surface area contributed by atoms with Crippen molar-refractivity contribution in [1.29, 1.82) is 0 Å². The lowest BCUT2D eigenvalue weighted by Gasteiger charge is -2.14. The zero-order valence-electron chi connectivity index (χ0n) is 20.9. The van der Waals surface area contributed by atoms with Gasteiger partial charge in [-0.1, -0.05) is 65.7 Å². The number of hydrogen-bond acceptors (Lipinski definition) is 8. The van der Waals surface area contributed by atoms with Crippen LogP contribution in [-0.4, -0.2) is 40.9 Å². The average Bonchev–Trinajstić information content (AvgIpc) is 3.23. The Morgan fingerprint density at radius 1 is 1.05 bits per heavy atom. The maximum atomic E-state index is 12.7. The van der Waals surface area contributed by atoms with E-state index in [0.717, 1.165) is 11.1 Å². The third-order valence-corrected chi connectivity index (χ3v) is 6.54. The molecule has 0 saturated carbocycles. The Morgan fingerprint density at radius 3 is 2.62 bits per heavy atom.